The summed E-state index contributed by atoms with van der Waals surface area (Å²) < 4.78 is 2.00. The van der Waals surface area contributed by atoms with E-state index in [9.17, 15) is 0 Å². The van der Waals surface area contributed by atoms with Crippen LogP contribution < -0.4 is 5.32 Å². The molecule has 0 aliphatic heterocycles. The number of aromatic nitrogens is 4. The maximum Gasteiger partial charge on any atom is 0.132 e. The van der Waals surface area contributed by atoms with Gasteiger partial charge in [0, 0.05) is 26.2 Å². The molecule has 0 bridgehead atoms. The maximum absolute atomic E-state index is 4.67. The molecule has 120 valence electrons. The van der Waals surface area contributed by atoms with Crippen molar-refractivity contribution in [3.8, 4) is 0 Å². The molecule has 23 heavy (non-hydrogen) atoms. The van der Waals surface area contributed by atoms with E-state index in [-0.39, 0.29) is 1.43 Å². The average molecular weight is 309 g/mol. The van der Waals surface area contributed by atoms with E-state index in [1.165, 1.54) is 30.5 Å². The number of nitrogens with one attached hydrogen (secondary N) is 1. The van der Waals surface area contributed by atoms with Crippen molar-refractivity contribution in [3.05, 3.63) is 42.1 Å². The van der Waals surface area contributed by atoms with Crippen LogP contribution >= 0.6 is 0 Å². The van der Waals surface area contributed by atoms with Crippen LogP contribution in [0.4, 0.5) is 11.5 Å². The lowest BCUT2D eigenvalue weighted by atomic mass is 9.82. The van der Waals surface area contributed by atoms with E-state index in [4.69, 9.17) is 0 Å². The fraction of sp³-hybridized carbons (Fsp3) is 0.389. The molecule has 0 unspecified atom stereocenters. The standard InChI is InChI=1S/C18H21N5.H2/c1-3-12-7-14(13-5-4-6-13)19-9-15(12)22-18-8-17-16(10-20-18)21-11-23(17)2;/h7-11,13H,3-6H2,1-2H3,(H,20,22);1H. The highest BCUT2D eigenvalue weighted by molar-refractivity contribution is 5.78. The summed E-state index contributed by atoms with van der Waals surface area (Å²) in [6.07, 6.45) is 10.5. The van der Waals surface area contributed by atoms with Gasteiger partial charge < -0.3 is 9.88 Å². The molecule has 3 aromatic heterocycles. The molecule has 1 saturated carbocycles. The van der Waals surface area contributed by atoms with Gasteiger partial charge in [-0.25, -0.2) is 9.97 Å². The Morgan fingerprint density at radius 3 is 2.83 bits per heavy atom. The third-order valence-corrected chi connectivity index (χ3v) is 4.79. The van der Waals surface area contributed by atoms with E-state index in [2.05, 4.69) is 33.3 Å². The number of aryl methyl sites for hydroxylation is 2. The molecule has 1 fully saturated rings. The molecule has 1 aliphatic carbocycles. The molecule has 1 N–H and O–H groups in total. The first-order valence-corrected chi connectivity index (χ1v) is 8.27. The van der Waals surface area contributed by atoms with Crippen molar-refractivity contribution in [1.82, 2.24) is 19.5 Å². The second-order valence-electron chi connectivity index (χ2n) is 6.29. The van der Waals surface area contributed by atoms with E-state index in [0.29, 0.717) is 5.92 Å². The van der Waals surface area contributed by atoms with Crippen LogP contribution in [0.25, 0.3) is 11.0 Å². The van der Waals surface area contributed by atoms with Crippen LogP contribution in [-0.2, 0) is 13.5 Å². The van der Waals surface area contributed by atoms with Crippen LogP contribution in [0, 0.1) is 0 Å². The van der Waals surface area contributed by atoms with Gasteiger partial charge in [-0.1, -0.05) is 13.3 Å². The van der Waals surface area contributed by atoms with Crippen LogP contribution in [0.5, 0.6) is 0 Å². The monoisotopic (exact) mass is 309 g/mol. The van der Waals surface area contributed by atoms with Gasteiger partial charge in [-0.15, -0.1) is 0 Å². The molecule has 0 spiro atoms. The summed E-state index contributed by atoms with van der Waals surface area (Å²) >= 11 is 0. The van der Waals surface area contributed by atoms with Gasteiger partial charge in [-0.3, -0.25) is 4.98 Å². The zero-order valence-electron chi connectivity index (χ0n) is 13.6. The van der Waals surface area contributed by atoms with Crippen LogP contribution in [0.15, 0.2) is 30.9 Å². The van der Waals surface area contributed by atoms with Crippen LogP contribution in [0.3, 0.4) is 0 Å². The largest absolute Gasteiger partial charge is 0.339 e. The Bertz CT molecular complexity index is 854. The minimum Gasteiger partial charge on any atom is -0.339 e. The highest BCUT2D eigenvalue weighted by Crippen LogP contribution is 2.36. The Morgan fingerprint density at radius 1 is 1.22 bits per heavy atom. The summed E-state index contributed by atoms with van der Waals surface area (Å²) in [6.45, 7) is 2.18. The molecular formula is C18H23N5. The van der Waals surface area contributed by atoms with Gasteiger partial charge in [0.05, 0.1) is 29.9 Å². The summed E-state index contributed by atoms with van der Waals surface area (Å²) in [5.74, 6) is 1.49. The third-order valence-electron chi connectivity index (χ3n) is 4.79. The Morgan fingerprint density at radius 2 is 2.09 bits per heavy atom. The fourth-order valence-electron chi connectivity index (χ4n) is 3.08. The van der Waals surface area contributed by atoms with Crippen molar-refractivity contribution < 1.29 is 1.43 Å². The Hall–Kier alpha value is -2.43. The molecule has 5 nitrogen and oxygen atoms in total. The highest BCUT2D eigenvalue weighted by Gasteiger charge is 2.21. The molecule has 1 aliphatic rings. The second-order valence-corrected chi connectivity index (χ2v) is 6.29. The summed E-state index contributed by atoms with van der Waals surface area (Å²) in [7, 11) is 1.99. The van der Waals surface area contributed by atoms with Gasteiger partial charge in [0.1, 0.15) is 11.3 Å². The van der Waals surface area contributed by atoms with Gasteiger partial charge in [-0.05, 0) is 30.9 Å². The van der Waals surface area contributed by atoms with Gasteiger partial charge in [-0.2, -0.15) is 0 Å². The first-order valence-electron chi connectivity index (χ1n) is 8.27. The SMILES string of the molecule is CCc1cc(C2CCC2)ncc1Nc1cc2c(cn1)ncn2C.[HH]. The minimum atomic E-state index is 0. The van der Waals surface area contributed by atoms with Gasteiger partial charge in [0.15, 0.2) is 0 Å². The topological polar surface area (TPSA) is 55.6 Å². The molecule has 3 aromatic rings. The lowest BCUT2D eigenvalue weighted by molar-refractivity contribution is 0.411. The van der Waals surface area contributed by atoms with Crippen molar-refractivity contribution in [2.75, 3.05) is 5.32 Å². The molecule has 3 heterocycles. The quantitative estimate of drug-likeness (QED) is 0.785. The Labute approximate surface area is 137 Å². The second kappa shape index (κ2) is 5.65. The molecular weight excluding hydrogens is 286 g/mol. The minimum absolute atomic E-state index is 0. The van der Waals surface area contributed by atoms with E-state index >= 15 is 0 Å². The van der Waals surface area contributed by atoms with Gasteiger partial charge in [0.25, 0.3) is 0 Å². The summed E-state index contributed by atoms with van der Waals surface area (Å²) in [5.41, 5.74) is 5.57. The maximum atomic E-state index is 4.67. The molecule has 0 atom stereocenters. The van der Waals surface area contributed by atoms with Crippen LogP contribution in [0.1, 0.15) is 44.8 Å². The fourth-order valence-corrected chi connectivity index (χ4v) is 3.08. The normalized spacial score (nSPS) is 14.9. The number of hydrogen-bond donors (Lipinski definition) is 1. The van der Waals surface area contributed by atoms with E-state index in [1.807, 2.05) is 30.2 Å². The smallest absolute Gasteiger partial charge is 0.132 e. The number of pyridine rings is 2. The predicted octanol–water partition coefficient (Wildman–Crippen LogP) is 4.18. The Balaban J connectivity index is 0.00000169. The zero-order chi connectivity index (χ0) is 15.8. The number of anilines is 2. The predicted molar refractivity (Wildman–Crippen MR) is 94.1 cm³/mol. The summed E-state index contributed by atoms with van der Waals surface area (Å²) in [5, 5.41) is 3.42. The average Bonchev–Trinajstić information content (AvgIpc) is 2.88. The van der Waals surface area contributed by atoms with E-state index in [0.717, 1.165) is 29.0 Å². The lowest BCUT2D eigenvalue weighted by Crippen LogP contribution is -2.11. The van der Waals surface area contributed by atoms with E-state index < -0.39 is 0 Å². The van der Waals surface area contributed by atoms with Crippen molar-refractivity contribution in [2.45, 2.75) is 38.5 Å². The number of imidazole rings is 1. The van der Waals surface area contributed by atoms with Crippen molar-refractivity contribution in [2.24, 2.45) is 7.05 Å². The van der Waals surface area contributed by atoms with Gasteiger partial charge in [0.2, 0.25) is 0 Å². The first-order chi connectivity index (χ1) is 11.2. The number of rotatable bonds is 4. The third kappa shape index (κ3) is 2.56. The number of hydrogen-bond acceptors (Lipinski definition) is 4. The summed E-state index contributed by atoms with van der Waals surface area (Å²) in [4.78, 5) is 13.4. The number of nitrogens with zero attached hydrogens (tertiary/aromatic N) is 4. The molecule has 4 rings (SSSR count). The van der Waals surface area contributed by atoms with Gasteiger partial charge >= 0.3 is 0 Å². The first kappa shape index (κ1) is 14.2. The van der Waals surface area contributed by atoms with Crippen LogP contribution in [-0.4, -0.2) is 19.5 Å². The number of fused-ring (bicyclic) bond motifs is 1. The molecule has 0 amide bonds. The summed E-state index contributed by atoms with van der Waals surface area (Å²) in [6, 6.07) is 4.29. The molecule has 5 heteroatoms. The lowest BCUT2D eigenvalue weighted by Gasteiger charge is -2.25. The molecule has 0 saturated heterocycles. The van der Waals surface area contributed by atoms with E-state index in [1.54, 1.807) is 6.20 Å². The molecule has 0 aromatic carbocycles. The molecule has 0 radical (unpaired) electrons. The van der Waals surface area contributed by atoms with Crippen LogP contribution in [0.2, 0.25) is 0 Å². The Kier molecular flexibility index (Phi) is 3.48. The van der Waals surface area contributed by atoms with Crippen molar-refractivity contribution in [3.63, 3.8) is 0 Å². The van der Waals surface area contributed by atoms with Crippen molar-refractivity contribution in [1.29, 1.82) is 0 Å². The zero-order valence-corrected chi connectivity index (χ0v) is 13.6. The highest BCUT2D eigenvalue weighted by atomic mass is 15.1. The van der Waals surface area contributed by atoms with Crippen molar-refractivity contribution >= 4 is 22.5 Å².